The van der Waals surface area contributed by atoms with E-state index in [9.17, 15) is 9.59 Å². The van der Waals surface area contributed by atoms with Gasteiger partial charge in [-0.1, -0.05) is 12.1 Å². The number of furan rings is 1. The summed E-state index contributed by atoms with van der Waals surface area (Å²) in [6.07, 6.45) is 4.07. The smallest absolute Gasteiger partial charge is 0.328 e. The van der Waals surface area contributed by atoms with Gasteiger partial charge < -0.3 is 20.2 Å². The van der Waals surface area contributed by atoms with Crippen molar-refractivity contribution in [2.75, 3.05) is 5.32 Å². The molecule has 1 aromatic heterocycles. The number of nitrogens with one attached hydrogen (secondary N) is 2. The molecule has 0 unspecified atom stereocenters. The number of rotatable bonds is 5. The third-order valence-corrected chi connectivity index (χ3v) is 2.59. The van der Waals surface area contributed by atoms with Crippen LogP contribution >= 0.6 is 0 Å². The summed E-state index contributed by atoms with van der Waals surface area (Å²) in [6, 6.07) is 9.97. The van der Waals surface area contributed by atoms with E-state index in [1.807, 2.05) is 0 Å². The molecule has 1 aromatic carbocycles. The van der Waals surface area contributed by atoms with E-state index in [0.29, 0.717) is 18.0 Å². The molecule has 3 N–H and O–H groups in total. The van der Waals surface area contributed by atoms with E-state index < -0.39 is 5.97 Å². The SMILES string of the molecule is O=C(O)/C=C/c1ccc(NC(=O)NCc2ccco2)cc1. The molecule has 0 aliphatic carbocycles. The first-order valence-corrected chi connectivity index (χ1v) is 6.22. The van der Waals surface area contributed by atoms with Crippen molar-refractivity contribution in [1.82, 2.24) is 5.32 Å². The number of urea groups is 1. The van der Waals surface area contributed by atoms with Gasteiger partial charge in [0.15, 0.2) is 0 Å². The maximum atomic E-state index is 11.7. The number of benzene rings is 1. The first kappa shape index (κ1) is 14.4. The first-order chi connectivity index (χ1) is 10.1. The molecule has 0 atom stereocenters. The quantitative estimate of drug-likeness (QED) is 0.737. The lowest BCUT2D eigenvalue weighted by Gasteiger charge is -2.06. The predicted octanol–water partition coefficient (Wildman–Crippen LogP) is 2.70. The number of hydrogen-bond acceptors (Lipinski definition) is 3. The Kier molecular flexibility index (Phi) is 4.76. The van der Waals surface area contributed by atoms with Crippen LogP contribution in [0.3, 0.4) is 0 Å². The maximum absolute atomic E-state index is 11.7. The summed E-state index contributed by atoms with van der Waals surface area (Å²) in [4.78, 5) is 22.0. The fourth-order valence-electron chi connectivity index (χ4n) is 1.60. The second kappa shape index (κ2) is 6.95. The summed E-state index contributed by atoms with van der Waals surface area (Å²) in [5.41, 5.74) is 1.35. The Labute approximate surface area is 121 Å². The molecule has 6 nitrogen and oxygen atoms in total. The van der Waals surface area contributed by atoms with Gasteiger partial charge in [-0.25, -0.2) is 9.59 Å². The third kappa shape index (κ3) is 4.87. The standard InChI is InChI=1S/C15H14N2O4/c18-14(19)8-5-11-3-6-12(7-4-11)17-15(20)16-10-13-2-1-9-21-13/h1-9H,10H2,(H,18,19)(H2,16,17,20)/b8-5+. The molecule has 1 heterocycles. The zero-order chi connectivity index (χ0) is 15.1. The van der Waals surface area contributed by atoms with Crippen molar-refractivity contribution in [3.63, 3.8) is 0 Å². The molecule has 0 bridgehead atoms. The molecule has 21 heavy (non-hydrogen) atoms. The Morgan fingerprint density at radius 2 is 1.95 bits per heavy atom. The summed E-state index contributed by atoms with van der Waals surface area (Å²) in [6.45, 7) is 0.304. The minimum absolute atomic E-state index is 0.304. The number of carbonyl (C=O) groups is 2. The van der Waals surface area contributed by atoms with E-state index in [2.05, 4.69) is 10.6 Å². The molecule has 2 amide bonds. The lowest BCUT2D eigenvalue weighted by molar-refractivity contribution is -0.131. The van der Waals surface area contributed by atoms with Gasteiger partial charge in [0.25, 0.3) is 0 Å². The Morgan fingerprint density at radius 3 is 2.57 bits per heavy atom. The van der Waals surface area contributed by atoms with E-state index in [0.717, 1.165) is 11.6 Å². The van der Waals surface area contributed by atoms with Crippen molar-refractivity contribution in [2.45, 2.75) is 6.54 Å². The van der Waals surface area contributed by atoms with Crippen molar-refractivity contribution in [2.24, 2.45) is 0 Å². The Balaban J connectivity index is 1.85. The van der Waals surface area contributed by atoms with Crippen LogP contribution < -0.4 is 10.6 Å². The molecule has 0 saturated heterocycles. The van der Waals surface area contributed by atoms with Crippen molar-refractivity contribution >= 4 is 23.8 Å². The molecular formula is C15H14N2O4. The van der Waals surface area contributed by atoms with Gasteiger partial charge in [-0.05, 0) is 35.9 Å². The zero-order valence-corrected chi connectivity index (χ0v) is 11.1. The van der Waals surface area contributed by atoms with E-state index in [4.69, 9.17) is 9.52 Å². The summed E-state index contributed by atoms with van der Waals surface area (Å²) < 4.78 is 5.10. The molecule has 0 spiro atoms. The number of carboxylic acid groups (broad SMARTS) is 1. The molecule has 6 heteroatoms. The fraction of sp³-hybridized carbons (Fsp3) is 0.0667. The van der Waals surface area contributed by atoms with E-state index in [-0.39, 0.29) is 6.03 Å². The maximum Gasteiger partial charge on any atom is 0.328 e. The van der Waals surface area contributed by atoms with Crippen LogP contribution in [0.1, 0.15) is 11.3 Å². The van der Waals surface area contributed by atoms with Gasteiger partial charge in [-0.2, -0.15) is 0 Å². The second-order valence-corrected chi connectivity index (χ2v) is 4.18. The number of anilines is 1. The fourth-order valence-corrected chi connectivity index (χ4v) is 1.60. The highest BCUT2D eigenvalue weighted by Gasteiger charge is 2.02. The van der Waals surface area contributed by atoms with Gasteiger partial charge in [-0.15, -0.1) is 0 Å². The highest BCUT2D eigenvalue weighted by molar-refractivity contribution is 5.89. The lowest BCUT2D eigenvalue weighted by Crippen LogP contribution is -2.27. The number of hydrogen-bond donors (Lipinski definition) is 3. The summed E-state index contributed by atoms with van der Waals surface area (Å²) in [7, 11) is 0. The van der Waals surface area contributed by atoms with Crippen LogP contribution in [0.2, 0.25) is 0 Å². The van der Waals surface area contributed by atoms with Crippen LogP contribution in [0, 0.1) is 0 Å². The molecule has 0 fully saturated rings. The largest absolute Gasteiger partial charge is 0.478 e. The van der Waals surface area contributed by atoms with Gasteiger partial charge in [0.1, 0.15) is 5.76 Å². The van der Waals surface area contributed by atoms with Gasteiger partial charge in [0.05, 0.1) is 12.8 Å². The molecule has 0 aliphatic rings. The van der Waals surface area contributed by atoms with Gasteiger partial charge >= 0.3 is 12.0 Å². The Morgan fingerprint density at radius 1 is 1.19 bits per heavy atom. The monoisotopic (exact) mass is 286 g/mol. The minimum atomic E-state index is -1.01. The highest BCUT2D eigenvalue weighted by Crippen LogP contribution is 2.10. The van der Waals surface area contributed by atoms with Gasteiger partial charge in [-0.3, -0.25) is 0 Å². The average Bonchev–Trinajstić information content (AvgIpc) is 2.98. The minimum Gasteiger partial charge on any atom is -0.478 e. The predicted molar refractivity (Wildman–Crippen MR) is 77.7 cm³/mol. The first-order valence-electron chi connectivity index (χ1n) is 6.22. The van der Waals surface area contributed by atoms with Gasteiger partial charge in [0, 0.05) is 11.8 Å². The topological polar surface area (TPSA) is 91.6 Å². The van der Waals surface area contributed by atoms with E-state index in [1.165, 1.54) is 12.3 Å². The van der Waals surface area contributed by atoms with Crippen LogP contribution in [0.5, 0.6) is 0 Å². The lowest BCUT2D eigenvalue weighted by atomic mass is 10.2. The molecule has 0 radical (unpaired) electrons. The van der Waals surface area contributed by atoms with Crippen LogP contribution in [0.25, 0.3) is 6.08 Å². The van der Waals surface area contributed by atoms with Gasteiger partial charge in [0.2, 0.25) is 0 Å². The number of aliphatic carboxylic acids is 1. The Bertz CT molecular complexity index is 630. The van der Waals surface area contributed by atoms with Crippen molar-refractivity contribution in [3.05, 3.63) is 60.1 Å². The van der Waals surface area contributed by atoms with Crippen LogP contribution in [0.15, 0.2) is 53.2 Å². The molecular weight excluding hydrogens is 272 g/mol. The Hall–Kier alpha value is -3.02. The summed E-state index contributed by atoms with van der Waals surface area (Å²) in [5.74, 6) is -0.339. The second-order valence-electron chi connectivity index (χ2n) is 4.18. The van der Waals surface area contributed by atoms with E-state index in [1.54, 1.807) is 36.4 Å². The number of amides is 2. The summed E-state index contributed by atoms with van der Waals surface area (Å²) in [5, 5.41) is 13.8. The molecule has 2 aromatic rings. The van der Waals surface area contributed by atoms with Crippen molar-refractivity contribution < 1.29 is 19.1 Å². The average molecular weight is 286 g/mol. The molecule has 0 aliphatic heterocycles. The van der Waals surface area contributed by atoms with Crippen LogP contribution in [-0.2, 0) is 11.3 Å². The van der Waals surface area contributed by atoms with Crippen molar-refractivity contribution in [3.8, 4) is 0 Å². The molecule has 108 valence electrons. The normalized spacial score (nSPS) is 10.5. The number of carboxylic acids is 1. The van der Waals surface area contributed by atoms with E-state index >= 15 is 0 Å². The molecule has 2 rings (SSSR count). The van der Waals surface area contributed by atoms with Crippen LogP contribution in [-0.4, -0.2) is 17.1 Å². The van der Waals surface area contributed by atoms with Crippen molar-refractivity contribution in [1.29, 1.82) is 0 Å². The number of carbonyl (C=O) groups excluding carboxylic acids is 1. The highest BCUT2D eigenvalue weighted by atomic mass is 16.4. The third-order valence-electron chi connectivity index (χ3n) is 2.59. The summed E-state index contributed by atoms with van der Waals surface area (Å²) >= 11 is 0. The van der Waals surface area contributed by atoms with Crippen LogP contribution in [0.4, 0.5) is 10.5 Å². The molecule has 0 saturated carbocycles. The zero-order valence-electron chi connectivity index (χ0n) is 11.1.